The minimum absolute atomic E-state index is 0.0853. The van der Waals surface area contributed by atoms with Crippen LogP contribution in [0.3, 0.4) is 0 Å². The third-order valence-electron chi connectivity index (χ3n) is 2.47. The van der Waals surface area contributed by atoms with E-state index in [2.05, 4.69) is 9.97 Å². The number of nitrogens with one attached hydrogen (secondary N) is 1. The van der Waals surface area contributed by atoms with Crippen molar-refractivity contribution < 1.29 is 13.2 Å². The van der Waals surface area contributed by atoms with E-state index in [1.54, 1.807) is 24.3 Å². The van der Waals surface area contributed by atoms with Gasteiger partial charge >= 0.3 is 11.9 Å². The van der Waals surface area contributed by atoms with E-state index >= 15 is 0 Å². The normalized spacial score (nSPS) is 12.4. The first-order chi connectivity index (χ1) is 8.47. The summed E-state index contributed by atoms with van der Waals surface area (Å²) in [6.45, 7) is 0. The van der Waals surface area contributed by atoms with Crippen molar-refractivity contribution in [2.24, 2.45) is 0 Å². The van der Waals surface area contributed by atoms with Gasteiger partial charge in [-0.3, -0.25) is 5.10 Å². The molecule has 0 saturated carbocycles. The minimum atomic E-state index is -4.64. The highest BCUT2D eigenvalue weighted by Gasteiger charge is 2.35. The van der Waals surface area contributed by atoms with Gasteiger partial charge in [0.15, 0.2) is 5.65 Å². The molecule has 0 radical (unpaired) electrons. The Morgan fingerprint density at radius 1 is 1.17 bits per heavy atom. The molecule has 2 heterocycles. The summed E-state index contributed by atoms with van der Waals surface area (Å²) in [5, 5.41) is 2.28. The number of nitrogens with zero attached hydrogens (tertiary/aromatic N) is 3. The second kappa shape index (κ2) is 3.31. The van der Waals surface area contributed by atoms with Gasteiger partial charge in [0.25, 0.3) is 0 Å². The van der Waals surface area contributed by atoms with Crippen LogP contribution >= 0.6 is 0 Å². The number of H-pyrrole nitrogens is 1. The molecule has 0 unspecified atom stereocenters. The number of aromatic nitrogens is 4. The number of fused-ring (bicyclic) bond motifs is 3. The summed E-state index contributed by atoms with van der Waals surface area (Å²) in [7, 11) is 0. The molecule has 0 spiro atoms. The monoisotopic (exact) mass is 254 g/mol. The first-order valence-electron chi connectivity index (χ1n) is 4.91. The smallest absolute Gasteiger partial charge is 0.267 e. The van der Waals surface area contributed by atoms with Crippen LogP contribution in [-0.4, -0.2) is 19.6 Å². The predicted molar refractivity (Wildman–Crippen MR) is 56.1 cm³/mol. The van der Waals surface area contributed by atoms with Gasteiger partial charge in [-0.15, -0.1) is 0 Å². The molecule has 0 atom stereocenters. The molecular formula is C10H5F3N4O. The molecule has 3 rings (SSSR count). The lowest BCUT2D eigenvalue weighted by Crippen LogP contribution is -2.18. The summed E-state index contributed by atoms with van der Waals surface area (Å²) >= 11 is 0. The largest absolute Gasteiger partial charge is 0.451 e. The Balaban J connectivity index is 2.49. The number of alkyl halides is 3. The maximum absolute atomic E-state index is 12.5. The third kappa shape index (κ3) is 1.45. The van der Waals surface area contributed by atoms with Crippen molar-refractivity contribution in [3.63, 3.8) is 0 Å². The van der Waals surface area contributed by atoms with Crippen LogP contribution in [0.5, 0.6) is 0 Å². The van der Waals surface area contributed by atoms with Gasteiger partial charge in [0.1, 0.15) is 0 Å². The van der Waals surface area contributed by atoms with Crippen LogP contribution < -0.4 is 5.69 Å². The average Bonchev–Trinajstić information content (AvgIpc) is 2.74. The van der Waals surface area contributed by atoms with Gasteiger partial charge < -0.3 is 0 Å². The van der Waals surface area contributed by atoms with Crippen LogP contribution in [0.2, 0.25) is 0 Å². The summed E-state index contributed by atoms with van der Waals surface area (Å²) in [5.41, 5.74) is -0.604. The van der Waals surface area contributed by atoms with E-state index in [1.807, 2.05) is 5.10 Å². The zero-order chi connectivity index (χ0) is 12.9. The average molecular weight is 254 g/mol. The van der Waals surface area contributed by atoms with Crippen LogP contribution in [-0.2, 0) is 6.18 Å². The van der Waals surface area contributed by atoms with Crippen molar-refractivity contribution in [2.45, 2.75) is 6.18 Å². The highest BCUT2D eigenvalue weighted by Crippen LogP contribution is 2.27. The molecule has 92 valence electrons. The van der Waals surface area contributed by atoms with Gasteiger partial charge in [0, 0.05) is 5.39 Å². The Hall–Kier alpha value is -2.38. The number of hydrogen-bond donors (Lipinski definition) is 1. The van der Waals surface area contributed by atoms with Crippen molar-refractivity contribution >= 4 is 16.6 Å². The first kappa shape index (κ1) is 10.8. The van der Waals surface area contributed by atoms with Crippen LogP contribution in [0.25, 0.3) is 16.6 Å². The lowest BCUT2D eigenvalue weighted by atomic mass is 10.2. The topological polar surface area (TPSA) is 63.0 Å². The summed E-state index contributed by atoms with van der Waals surface area (Å²) < 4.78 is 38.3. The first-order valence-corrected chi connectivity index (χ1v) is 4.91. The van der Waals surface area contributed by atoms with E-state index in [9.17, 15) is 18.0 Å². The molecule has 0 amide bonds. The Labute approximate surface area is 96.9 Å². The van der Waals surface area contributed by atoms with Crippen LogP contribution in [0.1, 0.15) is 5.82 Å². The molecule has 18 heavy (non-hydrogen) atoms. The molecule has 8 heteroatoms. The fourth-order valence-electron chi connectivity index (χ4n) is 1.70. The van der Waals surface area contributed by atoms with Crippen molar-refractivity contribution in [3.8, 4) is 0 Å². The van der Waals surface area contributed by atoms with Crippen molar-refractivity contribution in [3.05, 3.63) is 40.6 Å². The molecule has 3 aromatic rings. The van der Waals surface area contributed by atoms with Crippen LogP contribution in [0.15, 0.2) is 29.1 Å². The zero-order valence-electron chi connectivity index (χ0n) is 8.69. The van der Waals surface area contributed by atoms with Gasteiger partial charge in [-0.2, -0.15) is 22.7 Å². The highest BCUT2D eigenvalue weighted by atomic mass is 19.4. The Bertz CT molecular complexity index is 802. The lowest BCUT2D eigenvalue weighted by molar-refractivity contribution is -0.144. The maximum Gasteiger partial charge on any atom is 0.451 e. The molecule has 5 nitrogen and oxygen atoms in total. The molecule has 0 bridgehead atoms. The van der Waals surface area contributed by atoms with Crippen LogP contribution in [0.4, 0.5) is 13.2 Å². The zero-order valence-corrected chi connectivity index (χ0v) is 8.69. The van der Waals surface area contributed by atoms with Gasteiger partial charge in [0.2, 0.25) is 5.82 Å². The number of para-hydroxylation sites is 1. The van der Waals surface area contributed by atoms with Crippen molar-refractivity contribution in [2.75, 3.05) is 0 Å². The predicted octanol–water partition coefficient (Wildman–Crippen LogP) is 1.59. The molecule has 0 aliphatic rings. The fraction of sp³-hybridized carbons (Fsp3) is 0.100. The quantitative estimate of drug-likeness (QED) is 0.662. The second-order valence-corrected chi connectivity index (χ2v) is 3.64. The maximum atomic E-state index is 12.5. The Kier molecular flexibility index (Phi) is 1.98. The van der Waals surface area contributed by atoms with Crippen LogP contribution in [0, 0.1) is 0 Å². The van der Waals surface area contributed by atoms with Crippen molar-refractivity contribution in [1.29, 1.82) is 0 Å². The third-order valence-corrected chi connectivity index (χ3v) is 2.47. The molecule has 1 N–H and O–H groups in total. The standard InChI is InChI=1S/C10H5F3N4O/c11-10(12,13)8-15-7-5-3-1-2-4-6(5)14-9(18)17(7)16-8/h1-4H,(H,15,16). The van der Waals surface area contributed by atoms with Gasteiger partial charge in [-0.1, -0.05) is 12.1 Å². The van der Waals surface area contributed by atoms with E-state index in [4.69, 9.17) is 0 Å². The number of halogens is 3. The number of rotatable bonds is 0. The molecule has 0 aliphatic heterocycles. The SMILES string of the molecule is O=c1nc2ccccc2c2nc(C(F)(F)F)[nH]n12. The van der Waals surface area contributed by atoms with E-state index < -0.39 is 17.7 Å². The molecule has 1 aromatic carbocycles. The van der Waals surface area contributed by atoms with Crippen molar-refractivity contribution in [1.82, 2.24) is 19.6 Å². The molecule has 0 fully saturated rings. The number of hydrogen-bond acceptors (Lipinski definition) is 3. The molecule has 2 aromatic heterocycles. The van der Waals surface area contributed by atoms with Gasteiger partial charge in [-0.05, 0) is 12.1 Å². The Morgan fingerprint density at radius 3 is 2.61 bits per heavy atom. The lowest BCUT2D eigenvalue weighted by Gasteiger charge is -1.98. The highest BCUT2D eigenvalue weighted by molar-refractivity contribution is 5.90. The fourth-order valence-corrected chi connectivity index (χ4v) is 1.70. The second-order valence-electron chi connectivity index (χ2n) is 3.64. The summed E-state index contributed by atoms with van der Waals surface area (Å²) in [6.07, 6.45) is -4.64. The van der Waals surface area contributed by atoms with E-state index in [1.165, 1.54) is 0 Å². The summed E-state index contributed by atoms with van der Waals surface area (Å²) in [4.78, 5) is 18.6. The summed E-state index contributed by atoms with van der Waals surface area (Å²) in [6, 6.07) is 6.37. The minimum Gasteiger partial charge on any atom is -0.267 e. The Morgan fingerprint density at radius 2 is 1.89 bits per heavy atom. The molecular weight excluding hydrogens is 249 g/mol. The number of benzene rings is 1. The van der Waals surface area contributed by atoms with Gasteiger partial charge in [-0.25, -0.2) is 9.78 Å². The summed E-state index contributed by atoms with van der Waals surface area (Å²) in [5.74, 6) is -1.22. The van der Waals surface area contributed by atoms with E-state index in [0.717, 1.165) is 0 Å². The molecule has 0 aliphatic carbocycles. The molecule has 0 saturated heterocycles. The number of aromatic amines is 1. The van der Waals surface area contributed by atoms with Gasteiger partial charge in [0.05, 0.1) is 5.52 Å². The van der Waals surface area contributed by atoms with E-state index in [0.29, 0.717) is 15.4 Å². The van der Waals surface area contributed by atoms with E-state index in [-0.39, 0.29) is 5.65 Å².